The molecular weight excluding hydrogens is 329 g/mol. The Labute approximate surface area is 144 Å². The lowest BCUT2D eigenvalue weighted by molar-refractivity contribution is 0.0628. The van der Waals surface area contributed by atoms with Crippen molar-refractivity contribution in [1.82, 2.24) is 9.88 Å². The van der Waals surface area contributed by atoms with Crippen LogP contribution in [0.1, 0.15) is 23.3 Å². The molecule has 24 heavy (non-hydrogen) atoms. The van der Waals surface area contributed by atoms with E-state index in [1.165, 1.54) is 23.5 Å². The van der Waals surface area contributed by atoms with Crippen LogP contribution >= 0.6 is 11.3 Å². The number of carbonyl (C=O) groups excluding carboxylic acids is 1. The van der Waals surface area contributed by atoms with Gasteiger partial charge in [-0.15, -0.1) is 11.3 Å². The number of amides is 1. The number of ether oxygens (including phenoxy) is 1. The Balaban J connectivity index is 1.55. The van der Waals surface area contributed by atoms with E-state index in [9.17, 15) is 9.18 Å². The third-order valence-corrected chi connectivity index (χ3v) is 4.90. The molecule has 1 aromatic carbocycles. The maximum Gasteiger partial charge on any atom is 0.273 e. The van der Waals surface area contributed by atoms with Gasteiger partial charge in [0, 0.05) is 31.4 Å². The number of piperidine rings is 1. The molecule has 0 aliphatic carbocycles. The molecule has 128 valence electrons. The third kappa shape index (κ3) is 4.03. The summed E-state index contributed by atoms with van der Waals surface area (Å²) in [5.74, 6) is 0.619. The molecule has 1 aliphatic rings. The Morgan fingerprint density at radius 2 is 2.25 bits per heavy atom. The van der Waals surface area contributed by atoms with E-state index < -0.39 is 0 Å². The van der Waals surface area contributed by atoms with Crippen LogP contribution in [0.25, 0.3) is 0 Å². The molecule has 0 bridgehead atoms. The minimum absolute atomic E-state index is 0.0285. The first-order valence-electron chi connectivity index (χ1n) is 7.96. The smallest absolute Gasteiger partial charge is 0.273 e. The predicted octanol–water partition coefficient (Wildman–Crippen LogP) is 3.26. The summed E-state index contributed by atoms with van der Waals surface area (Å²) in [6.07, 6.45) is 1.97. The molecule has 1 N–H and O–H groups in total. The van der Waals surface area contributed by atoms with Crippen molar-refractivity contribution in [2.45, 2.75) is 12.8 Å². The van der Waals surface area contributed by atoms with E-state index in [0.29, 0.717) is 24.6 Å². The van der Waals surface area contributed by atoms with E-state index in [-0.39, 0.29) is 17.6 Å². The number of nitrogens with zero attached hydrogens (tertiary/aromatic N) is 2. The van der Waals surface area contributed by atoms with E-state index in [0.717, 1.165) is 24.5 Å². The average molecular weight is 349 g/mol. The maximum absolute atomic E-state index is 12.9. The van der Waals surface area contributed by atoms with Crippen LogP contribution < -0.4 is 10.1 Å². The highest BCUT2D eigenvalue weighted by molar-refractivity contribution is 7.13. The van der Waals surface area contributed by atoms with Crippen molar-refractivity contribution < 1.29 is 13.9 Å². The number of carbonyl (C=O) groups is 1. The molecule has 1 aliphatic heterocycles. The second kappa shape index (κ2) is 7.61. The Hall–Kier alpha value is -2.15. The summed E-state index contributed by atoms with van der Waals surface area (Å²) in [7, 11) is 1.79. The van der Waals surface area contributed by atoms with Gasteiger partial charge in [0.05, 0.1) is 6.61 Å². The Morgan fingerprint density at radius 3 is 2.96 bits per heavy atom. The third-order valence-electron chi connectivity index (χ3n) is 4.04. The number of thiazole rings is 1. The fourth-order valence-electron chi connectivity index (χ4n) is 2.78. The quantitative estimate of drug-likeness (QED) is 0.900. The molecule has 1 saturated heterocycles. The first kappa shape index (κ1) is 16.7. The van der Waals surface area contributed by atoms with Crippen molar-refractivity contribution in [2.75, 3.05) is 32.1 Å². The molecule has 0 saturated carbocycles. The van der Waals surface area contributed by atoms with E-state index in [2.05, 4.69) is 10.3 Å². The van der Waals surface area contributed by atoms with Crippen molar-refractivity contribution in [3.63, 3.8) is 0 Å². The number of benzene rings is 1. The number of anilines is 1. The van der Waals surface area contributed by atoms with Crippen LogP contribution in [0.5, 0.6) is 5.75 Å². The molecule has 7 heteroatoms. The molecule has 2 heterocycles. The molecular formula is C17H20FN3O2S. The largest absolute Gasteiger partial charge is 0.493 e. The molecule has 3 rings (SSSR count). The van der Waals surface area contributed by atoms with Gasteiger partial charge in [-0.1, -0.05) is 0 Å². The van der Waals surface area contributed by atoms with Gasteiger partial charge >= 0.3 is 0 Å². The van der Waals surface area contributed by atoms with Crippen LogP contribution in [-0.4, -0.2) is 42.5 Å². The van der Waals surface area contributed by atoms with E-state index in [1.807, 2.05) is 4.90 Å². The van der Waals surface area contributed by atoms with Crippen molar-refractivity contribution in [3.05, 3.63) is 41.2 Å². The number of aromatic nitrogens is 1. The Kier molecular flexibility index (Phi) is 5.30. The first-order chi connectivity index (χ1) is 11.7. The second-order valence-electron chi connectivity index (χ2n) is 5.81. The molecule has 0 unspecified atom stereocenters. The monoisotopic (exact) mass is 349 g/mol. The highest BCUT2D eigenvalue weighted by Crippen LogP contribution is 2.22. The number of hydrogen-bond donors (Lipinski definition) is 1. The summed E-state index contributed by atoms with van der Waals surface area (Å²) < 4.78 is 18.6. The average Bonchev–Trinajstić information content (AvgIpc) is 3.10. The molecule has 1 fully saturated rings. The number of nitrogens with one attached hydrogen (secondary N) is 1. The van der Waals surface area contributed by atoms with Gasteiger partial charge in [0.15, 0.2) is 5.13 Å². The molecule has 1 atom stereocenters. The molecule has 0 radical (unpaired) electrons. The van der Waals surface area contributed by atoms with Crippen LogP contribution in [0.3, 0.4) is 0 Å². The predicted molar refractivity (Wildman–Crippen MR) is 92.2 cm³/mol. The SMILES string of the molecule is CNc1nc(C(=O)N2CCC[C@H](COc3ccc(F)cc3)C2)cs1. The van der Waals surface area contributed by atoms with Gasteiger partial charge in [-0.2, -0.15) is 0 Å². The number of halogens is 1. The van der Waals surface area contributed by atoms with Gasteiger partial charge in [0.1, 0.15) is 17.3 Å². The zero-order chi connectivity index (χ0) is 16.9. The lowest BCUT2D eigenvalue weighted by Gasteiger charge is -2.32. The maximum atomic E-state index is 12.9. The normalized spacial score (nSPS) is 17.6. The summed E-state index contributed by atoms with van der Waals surface area (Å²) in [5.41, 5.74) is 0.490. The van der Waals surface area contributed by atoms with E-state index in [1.54, 1.807) is 24.6 Å². The fraction of sp³-hybridized carbons (Fsp3) is 0.412. The minimum atomic E-state index is -0.277. The summed E-state index contributed by atoms with van der Waals surface area (Å²) in [4.78, 5) is 18.7. The van der Waals surface area contributed by atoms with Gasteiger partial charge in [-0.3, -0.25) is 4.79 Å². The first-order valence-corrected chi connectivity index (χ1v) is 8.84. The molecule has 2 aromatic rings. The van der Waals surface area contributed by atoms with Crippen molar-refractivity contribution >= 4 is 22.4 Å². The van der Waals surface area contributed by atoms with Crippen LogP contribution in [0.15, 0.2) is 29.6 Å². The zero-order valence-corrected chi connectivity index (χ0v) is 14.3. The zero-order valence-electron chi connectivity index (χ0n) is 13.5. The van der Waals surface area contributed by atoms with Crippen molar-refractivity contribution in [1.29, 1.82) is 0 Å². The summed E-state index contributed by atoms with van der Waals surface area (Å²) in [6, 6.07) is 6.01. The minimum Gasteiger partial charge on any atom is -0.493 e. The van der Waals surface area contributed by atoms with Gasteiger partial charge in [0.25, 0.3) is 5.91 Å². The van der Waals surface area contributed by atoms with E-state index >= 15 is 0 Å². The standard InChI is InChI=1S/C17H20FN3O2S/c1-19-17-20-15(11-24-17)16(22)21-8-2-3-12(9-21)10-23-14-6-4-13(18)5-7-14/h4-7,11-12H,2-3,8-10H2,1H3,(H,19,20)/t12-/m0/s1. The lowest BCUT2D eigenvalue weighted by Crippen LogP contribution is -2.41. The summed E-state index contributed by atoms with van der Waals surface area (Å²) in [6.45, 7) is 1.93. The van der Waals surface area contributed by atoms with Crippen LogP contribution in [-0.2, 0) is 0 Å². The topological polar surface area (TPSA) is 54.5 Å². The van der Waals surface area contributed by atoms with Gasteiger partial charge in [0.2, 0.25) is 0 Å². The summed E-state index contributed by atoms with van der Waals surface area (Å²) in [5, 5.41) is 5.47. The van der Waals surface area contributed by atoms with Crippen molar-refractivity contribution in [2.24, 2.45) is 5.92 Å². The summed E-state index contributed by atoms with van der Waals surface area (Å²) >= 11 is 1.43. The highest BCUT2D eigenvalue weighted by Gasteiger charge is 2.26. The van der Waals surface area contributed by atoms with Crippen LogP contribution in [0.4, 0.5) is 9.52 Å². The second-order valence-corrected chi connectivity index (χ2v) is 6.67. The Bertz CT molecular complexity index is 689. The highest BCUT2D eigenvalue weighted by atomic mass is 32.1. The van der Waals surface area contributed by atoms with Gasteiger partial charge in [-0.25, -0.2) is 9.37 Å². The van der Waals surface area contributed by atoms with Crippen LogP contribution in [0.2, 0.25) is 0 Å². The Morgan fingerprint density at radius 1 is 1.46 bits per heavy atom. The van der Waals surface area contributed by atoms with E-state index in [4.69, 9.17) is 4.74 Å². The molecule has 1 amide bonds. The molecule has 0 spiro atoms. The van der Waals surface area contributed by atoms with Crippen LogP contribution in [0, 0.1) is 11.7 Å². The molecule has 1 aromatic heterocycles. The lowest BCUT2D eigenvalue weighted by atomic mass is 9.99. The number of likely N-dealkylation sites (tertiary alicyclic amines) is 1. The fourth-order valence-corrected chi connectivity index (χ4v) is 3.42. The number of rotatable bonds is 5. The number of hydrogen-bond acceptors (Lipinski definition) is 5. The van der Waals surface area contributed by atoms with Gasteiger partial charge < -0.3 is 15.0 Å². The van der Waals surface area contributed by atoms with Gasteiger partial charge in [-0.05, 0) is 37.1 Å². The van der Waals surface area contributed by atoms with Crippen molar-refractivity contribution in [3.8, 4) is 5.75 Å². The molecule has 5 nitrogen and oxygen atoms in total.